The Kier molecular flexibility index (Phi) is 5.91. The quantitative estimate of drug-likeness (QED) is 0.563. The van der Waals surface area contributed by atoms with Gasteiger partial charge in [-0.1, -0.05) is 6.07 Å². The molecule has 26 heavy (non-hydrogen) atoms. The smallest absolute Gasteiger partial charge is 0.338 e. The van der Waals surface area contributed by atoms with Crippen LogP contribution in [-0.2, 0) is 9.53 Å². The molecule has 1 aromatic carbocycles. The van der Waals surface area contributed by atoms with Crippen LogP contribution in [0.2, 0.25) is 0 Å². The van der Waals surface area contributed by atoms with Crippen LogP contribution in [0.3, 0.4) is 0 Å². The van der Waals surface area contributed by atoms with Crippen LogP contribution in [-0.4, -0.2) is 29.9 Å². The molecule has 2 aromatic rings. The van der Waals surface area contributed by atoms with Crippen LogP contribution in [0, 0.1) is 0 Å². The molecule has 9 nitrogen and oxygen atoms in total. The number of carbonyl (C=O) groups is 4. The molecule has 0 fully saturated rings. The summed E-state index contributed by atoms with van der Waals surface area (Å²) in [6.07, 6.45) is -1.13. The fourth-order valence-corrected chi connectivity index (χ4v) is 2.76. The summed E-state index contributed by atoms with van der Waals surface area (Å²) in [5.41, 5.74) is 10.8. The normalized spacial score (nSPS) is 11.3. The topological polar surface area (TPSA) is 154 Å². The van der Waals surface area contributed by atoms with Gasteiger partial charge in [-0.2, -0.15) is 0 Å². The first-order valence-electron chi connectivity index (χ1n) is 7.33. The summed E-state index contributed by atoms with van der Waals surface area (Å²) in [7, 11) is 0. The Bertz CT molecular complexity index is 864. The second-order valence-corrected chi connectivity index (χ2v) is 6.05. The van der Waals surface area contributed by atoms with Crippen molar-refractivity contribution in [1.82, 2.24) is 0 Å². The lowest BCUT2D eigenvalue weighted by Gasteiger charge is -2.13. The third-order valence-corrected chi connectivity index (χ3v) is 4.02. The van der Waals surface area contributed by atoms with Gasteiger partial charge in [0.15, 0.2) is 6.10 Å². The molecule has 0 aliphatic carbocycles. The molecule has 0 saturated carbocycles. The average molecular weight is 376 g/mol. The summed E-state index contributed by atoms with van der Waals surface area (Å²) < 4.78 is 5.10. The Balaban J connectivity index is 2.02. The van der Waals surface area contributed by atoms with Crippen LogP contribution in [0.4, 0.5) is 15.5 Å². The number of urea groups is 1. The van der Waals surface area contributed by atoms with Gasteiger partial charge in [-0.3, -0.25) is 9.59 Å². The molecule has 1 heterocycles. The number of hydrogen-bond acceptors (Lipinski definition) is 6. The first kappa shape index (κ1) is 18.9. The number of amides is 4. The molecular weight excluding hydrogens is 360 g/mol. The molecule has 4 amide bonds. The molecule has 0 radical (unpaired) electrons. The van der Waals surface area contributed by atoms with Crippen molar-refractivity contribution in [2.24, 2.45) is 11.5 Å². The Hall–Kier alpha value is -3.40. The number of primary amides is 2. The van der Waals surface area contributed by atoms with Gasteiger partial charge in [0, 0.05) is 5.69 Å². The van der Waals surface area contributed by atoms with E-state index in [0.29, 0.717) is 5.69 Å². The van der Waals surface area contributed by atoms with Crippen molar-refractivity contribution in [3.05, 3.63) is 46.8 Å². The Morgan fingerprint density at radius 1 is 1.12 bits per heavy atom. The molecule has 10 heteroatoms. The van der Waals surface area contributed by atoms with Crippen LogP contribution in [0.1, 0.15) is 27.6 Å². The van der Waals surface area contributed by atoms with Crippen molar-refractivity contribution in [1.29, 1.82) is 0 Å². The molecule has 0 unspecified atom stereocenters. The molecule has 1 atom stereocenters. The van der Waals surface area contributed by atoms with E-state index in [-0.39, 0.29) is 16.1 Å². The molecule has 0 bridgehead atoms. The van der Waals surface area contributed by atoms with Crippen LogP contribution >= 0.6 is 11.3 Å². The van der Waals surface area contributed by atoms with Crippen molar-refractivity contribution >= 4 is 45.8 Å². The molecule has 1 aromatic heterocycles. The SMILES string of the molecule is C[C@H](OC(=O)c1cccc(NC(N)=O)c1)C(=O)Nc1sccc1C(N)=O. The zero-order chi connectivity index (χ0) is 19.3. The number of carbonyl (C=O) groups excluding carboxylic acids is 4. The number of thiophene rings is 1. The number of benzene rings is 1. The predicted molar refractivity (Wildman–Crippen MR) is 96.0 cm³/mol. The Morgan fingerprint density at radius 2 is 1.85 bits per heavy atom. The van der Waals surface area contributed by atoms with E-state index in [2.05, 4.69) is 10.6 Å². The molecule has 0 saturated heterocycles. The van der Waals surface area contributed by atoms with Gasteiger partial charge in [0.05, 0.1) is 11.1 Å². The highest BCUT2D eigenvalue weighted by atomic mass is 32.1. The minimum absolute atomic E-state index is 0.129. The first-order chi connectivity index (χ1) is 12.3. The molecule has 136 valence electrons. The minimum Gasteiger partial charge on any atom is -0.449 e. The van der Waals surface area contributed by atoms with E-state index < -0.39 is 29.9 Å². The van der Waals surface area contributed by atoms with E-state index in [4.69, 9.17) is 16.2 Å². The highest BCUT2D eigenvalue weighted by molar-refractivity contribution is 7.14. The third kappa shape index (κ3) is 4.80. The lowest BCUT2D eigenvalue weighted by Crippen LogP contribution is -2.30. The standard InChI is InChI=1S/C16H16N4O5S/c1-8(13(22)20-14-11(12(17)21)5-6-26-14)25-15(23)9-3-2-4-10(7-9)19-16(18)24/h2-8H,1H3,(H2,17,21)(H,20,22)(H3,18,19,24)/t8-/m0/s1. The fourth-order valence-electron chi connectivity index (χ4n) is 1.96. The van der Waals surface area contributed by atoms with Gasteiger partial charge in [0.25, 0.3) is 11.8 Å². The maximum absolute atomic E-state index is 12.2. The first-order valence-corrected chi connectivity index (χ1v) is 8.21. The van der Waals surface area contributed by atoms with Crippen LogP contribution in [0.25, 0.3) is 0 Å². The Morgan fingerprint density at radius 3 is 2.50 bits per heavy atom. The van der Waals surface area contributed by atoms with E-state index in [0.717, 1.165) is 11.3 Å². The van der Waals surface area contributed by atoms with Gasteiger partial charge < -0.3 is 26.8 Å². The van der Waals surface area contributed by atoms with Gasteiger partial charge in [0.1, 0.15) is 5.00 Å². The molecule has 2 rings (SSSR count). The fraction of sp³-hybridized carbons (Fsp3) is 0.125. The molecule has 0 aliphatic heterocycles. The van der Waals surface area contributed by atoms with E-state index in [9.17, 15) is 19.2 Å². The van der Waals surface area contributed by atoms with Crippen LogP contribution < -0.4 is 22.1 Å². The van der Waals surface area contributed by atoms with Crippen molar-refractivity contribution < 1.29 is 23.9 Å². The van der Waals surface area contributed by atoms with E-state index in [1.807, 2.05) is 0 Å². The summed E-state index contributed by atoms with van der Waals surface area (Å²) in [5.74, 6) is -2.05. The largest absolute Gasteiger partial charge is 0.449 e. The number of nitrogens with two attached hydrogens (primary N) is 2. The zero-order valence-corrected chi connectivity index (χ0v) is 14.5. The molecule has 0 spiro atoms. The number of hydrogen-bond donors (Lipinski definition) is 4. The van der Waals surface area contributed by atoms with Gasteiger partial charge in [0.2, 0.25) is 0 Å². The lowest BCUT2D eigenvalue weighted by atomic mass is 10.2. The van der Waals surface area contributed by atoms with Crippen molar-refractivity contribution in [3.8, 4) is 0 Å². The van der Waals surface area contributed by atoms with Gasteiger partial charge in [-0.15, -0.1) is 11.3 Å². The second kappa shape index (κ2) is 8.12. The van der Waals surface area contributed by atoms with Crippen molar-refractivity contribution in [2.45, 2.75) is 13.0 Å². The van der Waals surface area contributed by atoms with Gasteiger partial charge >= 0.3 is 12.0 Å². The minimum atomic E-state index is -1.13. The van der Waals surface area contributed by atoms with E-state index in [1.165, 1.54) is 31.2 Å². The number of ether oxygens (including phenoxy) is 1. The summed E-state index contributed by atoms with van der Waals surface area (Å²) in [6.45, 7) is 1.39. The third-order valence-electron chi connectivity index (χ3n) is 3.19. The maximum Gasteiger partial charge on any atom is 0.338 e. The van der Waals surface area contributed by atoms with E-state index in [1.54, 1.807) is 11.4 Å². The molecule has 0 aliphatic rings. The van der Waals surface area contributed by atoms with E-state index >= 15 is 0 Å². The zero-order valence-electron chi connectivity index (χ0n) is 13.6. The maximum atomic E-state index is 12.2. The molecule has 6 N–H and O–H groups in total. The van der Waals surface area contributed by atoms with Crippen molar-refractivity contribution in [2.75, 3.05) is 10.6 Å². The summed E-state index contributed by atoms with van der Waals surface area (Å²) >= 11 is 1.12. The predicted octanol–water partition coefficient (Wildman–Crippen LogP) is 1.52. The van der Waals surface area contributed by atoms with Crippen LogP contribution in [0.5, 0.6) is 0 Å². The van der Waals surface area contributed by atoms with Crippen molar-refractivity contribution in [3.63, 3.8) is 0 Å². The number of nitrogens with one attached hydrogen (secondary N) is 2. The summed E-state index contributed by atoms with van der Waals surface area (Å²) in [5, 5.41) is 6.70. The Labute approximate surface area is 152 Å². The number of anilines is 2. The highest BCUT2D eigenvalue weighted by Crippen LogP contribution is 2.23. The van der Waals surface area contributed by atoms with Crippen LogP contribution in [0.15, 0.2) is 35.7 Å². The summed E-state index contributed by atoms with van der Waals surface area (Å²) in [6, 6.07) is 6.60. The van der Waals surface area contributed by atoms with Gasteiger partial charge in [-0.05, 0) is 36.6 Å². The second-order valence-electron chi connectivity index (χ2n) is 5.13. The highest BCUT2D eigenvalue weighted by Gasteiger charge is 2.21. The molecular formula is C16H16N4O5S. The summed E-state index contributed by atoms with van der Waals surface area (Å²) in [4.78, 5) is 46.4. The monoisotopic (exact) mass is 376 g/mol. The average Bonchev–Trinajstić information content (AvgIpc) is 3.02. The number of rotatable bonds is 6. The number of esters is 1. The van der Waals surface area contributed by atoms with Gasteiger partial charge in [-0.25, -0.2) is 9.59 Å². The lowest BCUT2D eigenvalue weighted by molar-refractivity contribution is -0.123.